The normalized spacial score (nSPS) is 26.0. The van der Waals surface area contributed by atoms with Crippen molar-refractivity contribution in [2.45, 2.75) is 39.2 Å². The Labute approximate surface area is 129 Å². The van der Waals surface area contributed by atoms with Crippen LogP contribution in [0.25, 0.3) is 0 Å². The summed E-state index contributed by atoms with van der Waals surface area (Å²) in [6.45, 7) is 5.25. The van der Waals surface area contributed by atoms with Gasteiger partial charge in [0.1, 0.15) is 5.75 Å². The van der Waals surface area contributed by atoms with Crippen LogP contribution in [0.3, 0.4) is 0 Å². The minimum atomic E-state index is 0.318. The molecular formula is C18H30N2O. The molecule has 2 N–H and O–H groups in total. The van der Waals surface area contributed by atoms with Crippen molar-refractivity contribution in [2.24, 2.45) is 17.1 Å². The standard InChI is InChI=1S/C18H30N2O/c1-15-5-4-10-18(11-15,13-19)14-20(2)12-16-6-8-17(21-3)9-7-16/h6-9,15H,4-5,10-14,19H2,1-3H3. The molecular weight excluding hydrogens is 260 g/mol. The van der Waals surface area contributed by atoms with E-state index in [1.807, 2.05) is 12.1 Å². The maximum atomic E-state index is 6.14. The molecule has 1 aromatic rings. The van der Waals surface area contributed by atoms with E-state index >= 15 is 0 Å². The molecule has 1 aliphatic carbocycles. The van der Waals surface area contributed by atoms with Gasteiger partial charge in [-0.25, -0.2) is 0 Å². The molecule has 0 heterocycles. The monoisotopic (exact) mass is 290 g/mol. The molecule has 0 radical (unpaired) electrons. The number of nitrogens with zero attached hydrogens (tertiary/aromatic N) is 1. The SMILES string of the molecule is COc1ccc(CN(C)CC2(CN)CCCC(C)C2)cc1. The maximum absolute atomic E-state index is 6.14. The summed E-state index contributed by atoms with van der Waals surface area (Å²) in [6, 6.07) is 8.36. The number of rotatable bonds is 6. The molecule has 0 aliphatic heterocycles. The summed E-state index contributed by atoms with van der Waals surface area (Å²) in [4.78, 5) is 2.42. The Morgan fingerprint density at radius 1 is 1.33 bits per heavy atom. The lowest BCUT2D eigenvalue weighted by atomic mass is 9.70. The quantitative estimate of drug-likeness (QED) is 0.874. The first-order valence-electron chi connectivity index (χ1n) is 8.08. The van der Waals surface area contributed by atoms with Gasteiger partial charge < -0.3 is 15.4 Å². The van der Waals surface area contributed by atoms with Gasteiger partial charge in [-0.2, -0.15) is 0 Å². The molecule has 0 saturated heterocycles. The molecule has 118 valence electrons. The smallest absolute Gasteiger partial charge is 0.118 e. The highest BCUT2D eigenvalue weighted by Crippen LogP contribution is 2.39. The molecule has 1 aliphatic rings. The van der Waals surface area contributed by atoms with Crippen molar-refractivity contribution in [3.63, 3.8) is 0 Å². The highest BCUT2D eigenvalue weighted by molar-refractivity contribution is 5.27. The van der Waals surface area contributed by atoms with E-state index in [-0.39, 0.29) is 0 Å². The van der Waals surface area contributed by atoms with Crippen LogP contribution < -0.4 is 10.5 Å². The Morgan fingerprint density at radius 2 is 2.05 bits per heavy atom. The van der Waals surface area contributed by atoms with Crippen molar-refractivity contribution < 1.29 is 4.74 Å². The summed E-state index contributed by atoms with van der Waals surface area (Å²) in [6.07, 6.45) is 5.25. The van der Waals surface area contributed by atoms with E-state index in [4.69, 9.17) is 10.5 Å². The molecule has 3 heteroatoms. The molecule has 0 aromatic heterocycles. The summed E-state index contributed by atoms with van der Waals surface area (Å²) >= 11 is 0. The van der Waals surface area contributed by atoms with Gasteiger partial charge in [-0.15, -0.1) is 0 Å². The summed E-state index contributed by atoms with van der Waals surface area (Å²) in [5.41, 5.74) is 7.78. The van der Waals surface area contributed by atoms with Crippen molar-refractivity contribution in [1.82, 2.24) is 4.90 Å². The Hall–Kier alpha value is -1.06. The molecule has 2 atom stereocenters. The van der Waals surface area contributed by atoms with Gasteiger partial charge in [-0.3, -0.25) is 0 Å². The van der Waals surface area contributed by atoms with Crippen molar-refractivity contribution in [2.75, 3.05) is 27.2 Å². The Bertz CT molecular complexity index is 431. The van der Waals surface area contributed by atoms with Crippen LogP contribution in [0.15, 0.2) is 24.3 Å². The molecule has 1 saturated carbocycles. The minimum Gasteiger partial charge on any atom is -0.497 e. The fraction of sp³-hybridized carbons (Fsp3) is 0.667. The first kappa shape index (κ1) is 16.3. The van der Waals surface area contributed by atoms with Crippen molar-refractivity contribution >= 4 is 0 Å². The van der Waals surface area contributed by atoms with Crippen LogP contribution in [0, 0.1) is 11.3 Å². The van der Waals surface area contributed by atoms with Crippen LogP contribution in [0.5, 0.6) is 5.75 Å². The third-order valence-electron chi connectivity index (χ3n) is 4.84. The lowest BCUT2D eigenvalue weighted by Crippen LogP contribution is -2.44. The first-order valence-corrected chi connectivity index (χ1v) is 8.08. The van der Waals surface area contributed by atoms with Gasteiger partial charge >= 0.3 is 0 Å². The van der Waals surface area contributed by atoms with Gasteiger partial charge in [0.2, 0.25) is 0 Å². The first-order chi connectivity index (χ1) is 10.1. The van der Waals surface area contributed by atoms with Gasteiger partial charge in [0.25, 0.3) is 0 Å². The topological polar surface area (TPSA) is 38.5 Å². The van der Waals surface area contributed by atoms with E-state index in [9.17, 15) is 0 Å². The van der Waals surface area contributed by atoms with Gasteiger partial charge in [-0.05, 0) is 55.5 Å². The largest absolute Gasteiger partial charge is 0.497 e. The third kappa shape index (κ3) is 4.45. The fourth-order valence-corrected chi connectivity index (χ4v) is 3.83. The van der Waals surface area contributed by atoms with Gasteiger partial charge in [-0.1, -0.05) is 31.9 Å². The van der Waals surface area contributed by atoms with Crippen molar-refractivity contribution in [3.05, 3.63) is 29.8 Å². The lowest BCUT2D eigenvalue weighted by Gasteiger charge is -2.41. The van der Waals surface area contributed by atoms with Crippen LogP contribution in [-0.4, -0.2) is 32.1 Å². The molecule has 0 bridgehead atoms. The van der Waals surface area contributed by atoms with Crippen LogP contribution in [0.1, 0.15) is 38.2 Å². The minimum absolute atomic E-state index is 0.318. The molecule has 3 nitrogen and oxygen atoms in total. The van der Waals surface area contributed by atoms with E-state index < -0.39 is 0 Å². The number of nitrogens with two attached hydrogens (primary N) is 1. The fourth-order valence-electron chi connectivity index (χ4n) is 3.83. The van der Waals surface area contributed by atoms with Gasteiger partial charge in [0, 0.05) is 13.1 Å². The molecule has 1 aromatic carbocycles. The number of methoxy groups -OCH3 is 1. The van der Waals surface area contributed by atoms with Crippen molar-refractivity contribution in [3.8, 4) is 5.75 Å². The summed E-state index contributed by atoms with van der Waals surface area (Å²) in [5.74, 6) is 1.73. The molecule has 2 rings (SSSR count). The van der Waals surface area contributed by atoms with E-state index in [1.54, 1.807) is 7.11 Å². The second-order valence-electron chi connectivity index (χ2n) is 6.93. The predicted octanol–water partition coefficient (Wildman–Crippen LogP) is 3.28. The highest BCUT2D eigenvalue weighted by Gasteiger charge is 2.34. The van der Waals surface area contributed by atoms with Crippen molar-refractivity contribution in [1.29, 1.82) is 0 Å². The van der Waals surface area contributed by atoms with Crippen LogP contribution in [0.2, 0.25) is 0 Å². The zero-order valence-electron chi connectivity index (χ0n) is 13.8. The summed E-state index contributed by atoms with van der Waals surface area (Å²) in [7, 11) is 3.91. The number of benzene rings is 1. The van der Waals surface area contributed by atoms with Crippen LogP contribution in [-0.2, 0) is 6.54 Å². The molecule has 1 fully saturated rings. The van der Waals surface area contributed by atoms with E-state index in [1.165, 1.54) is 31.2 Å². The average Bonchev–Trinajstić information content (AvgIpc) is 2.48. The second-order valence-corrected chi connectivity index (χ2v) is 6.93. The molecule has 0 amide bonds. The summed E-state index contributed by atoms with van der Waals surface area (Å²) in [5, 5.41) is 0. The van der Waals surface area contributed by atoms with Crippen LogP contribution >= 0.6 is 0 Å². The molecule has 21 heavy (non-hydrogen) atoms. The number of hydrogen-bond donors (Lipinski definition) is 1. The van der Waals surface area contributed by atoms with E-state index in [0.717, 1.165) is 31.3 Å². The Balaban J connectivity index is 1.94. The van der Waals surface area contributed by atoms with Crippen LogP contribution in [0.4, 0.5) is 0 Å². The zero-order chi connectivity index (χ0) is 15.3. The number of hydrogen-bond acceptors (Lipinski definition) is 3. The second kappa shape index (κ2) is 7.28. The lowest BCUT2D eigenvalue weighted by molar-refractivity contribution is 0.0981. The molecule has 2 unspecified atom stereocenters. The van der Waals surface area contributed by atoms with E-state index in [2.05, 4.69) is 31.0 Å². The Morgan fingerprint density at radius 3 is 2.62 bits per heavy atom. The van der Waals surface area contributed by atoms with Gasteiger partial charge in [0.05, 0.1) is 7.11 Å². The number of ether oxygens (including phenoxy) is 1. The highest BCUT2D eigenvalue weighted by atomic mass is 16.5. The third-order valence-corrected chi connectivity index (χ3v) is 4.84. The predicted molar refractivity (Wildman–Crippen MR) is 88.4 cm³/mol. The Kier molecular flexibility index (Phi) is 5.65. The molecule has 0 spiro atoms. The summed E-state index contributed by atoms with van der Waals surface area (Å²) < 4.78 is 5.21. The maximum Gasteiger partial charge on any atom is 0.118 e. The zero-order valence-corrected chi connectivity index (χ0v) is 13.8. The average molecular weight is 290 g/mol. The van der Waals surface area contributed by atoms with Gasteiger partial charge in [0.15, 0.2) is 0 Å². The van der Waals surface area contributed by atoms with E-state index in [0.29, 0.717) is 5.41 Å².